The molecule has 24 heavy (non-hydrogen) atoms. The minimum absolute atomic E-state index is 0.104. The molecular weight excluding hydrogens is 316 g/mol. The lowest BCUT2D eigenvalue weighted by Crippen LogP contribution is -2.13. The smallest absolute Gasteiger partial charge is 0.289 e. The quantitative estimate of drug-likeness (QED) is 0.486. The summed E-state index contributed by atoms with van der Waals surface area (Å²) in [4.78, 5) is 14.0. The van der Waals surface area contributed by atoms with Crippen LogP contribution in [0, 0.1) is 21.4 Å². The summed E-state index contributed by atoms with van der Waals surface area (Å²) in [6.45, 7) is 0.875. The zero-order valence-corrected chi connectivity index (χ0v) is 12.4. The Labute approximate surface area is 136 Å². The van der Waals surface area contributed by atoms with Crippen LogP contribution in [0.2, 0.25) is 0 Å². The molecule has 1 N–H and O–H groups in total. The Morgan fingerprint density at radius 1 is 1.38 bits per heavy atom. The Hall–Kier alpha value is -3.54. The molecule has 9 heteroatoms. The first kappa shape index (κ1) is 15.4. The highest BCUT2D eigenvalue weighted by molar-refractivity contribution is 5.55. The number of nitrogens with one attached hydrogen (secondary N) is 1. The average Bonchev–Trinajstić information content (AvgIpc) is 3.06. The molecule has 2 aromatic rings. The Kier molecular flexibility index (Phi) is 4.29. The number of hydrogen-bond donors (Lipinski definition) is 1. The number of nitro groups is 1. The molecule has 122 valence electrons. The van der Waals surface area contributed by atoms with E-state index < -0.39 is 4.92 Å². The van der Waals surface area contributed by atoms with E-state index in [4.69, 9.17) is 19.5 Å². The summed E-state index contributed by atoms with van der Waals surface area (Å²) in [5.41, 5.74) is -0.124. The van der Waals surface area contributed by atoms with E-state index in [0.29, 0.717) is 30.4 Å². The van der Waals surface area contributed by atoms with Gasteiger partial charge in [0.1, 0.15) is 36.0 Å². The van der Waals surface area contributed by atoms with Crippen molar-refractivity contribution in [3.05, 3.63) is 46.1 Å². The Balaban J connectivity index is 1.55. The lowest BCUT2D eigenvalue weighted by Gasteiger charge is -2.09. The summed E-state index contributed by atoms with van der Waals surface area (Å²) < 4.78 is 16.0. The average molecular weight is 328 g/mol. The molecule has 0 saturated carbocycles. The monoisotopic (exact) mass is 328 g/mol. The maximum absolute atomic E-state index is 10.7. The number of pyridine rings is 1. The summed E-state index contributed by atoms with van der Waals surface area (Å²) >= 11 is 0. The normalized spacial score (nSPS) is 11.6. The van der Waals surface area contributed by atoms with Crippen molar-refractivity contribution in [2.75, 3.05) is 25.3 Å². The van der Waals surface area contributed by atoms with Crippen LogP contribution in [0.25, 0.3) is 0 Å². The zero-order chi connectivity index (χ0) is 16.9. The summed E-state index contributed by atoms with van der Waals surface area (Å²) in [5.74, 6) is 2.20. The number of benzene rings is 1. The summed E-state index contributed by atoms with van der Waals surface area (Å²) in [7, 11) is 0. The molecule has 0 atom stereocenters. The third-order valence-corrected chi connectivity index (χ3v) is 3.21. The van der Waals surface area contributed by atoms with Crippen LogP contribution in [-0.4, -0.2) is 29.9 Å². The van der Waals surface area contributed by atoms with E-state index in [1.807, 2.05) is 6.07 Å². The van der Waals surface area contributed by atoms with Gasteiger partial charge < -0.3 is 19.5 Å². The van der Waals surface area contributed by atoms with Gasteiger partial charge in [0.25, 0.3) is 5.69 Å². The summed E-state index contributed by atoms with van der Waals surface area (Å²) in [5, 5.41) is 22.6. The Morgan fingerprint density at radius 2 is 2.21 bits per heavy atom. The van der Waals surface area contributed by atoms with Crippen LogP contribution < -0.4 is 19.5 Å². The van der Waals surface area contributed by atoms with E-state index in [0.717, 1.165) is 6.20 Å². The van der Waals surface area contributed by atoms with Crippen molar-refractivity contribution in [3.8, 4) is 23.3 Å². The molecule has 0 spiro atoms. The third kappa shape index (κ3) is 3.27. The molecule has 1 aromatic carbocycles. The van der Waals surface area contributed by atoms with Gasteiger partial charge in [-0.15, -0.1) is 0 Å². The molecule has 0 saturated heterocycles. The van der Waals surface area contributed by atoms with Gasteiger partial charge in [0.15, 0.2) is 11.5 Å². The number of nitrogens with zero attached hydrogens (tertiary/aromatic N) is 3. The molecule has 3 rings (SSSR count). The first-order valence-electron chi connectivity index (χ1n) is 6.98. The molecule has 1 aliphatic heterocycles. The standard InChI is InChI=1S/C15H12N4O5/c16-7-10-5-11(19(20)21)8-18-15(10)17-3-4-22-12-1-2-13-14(6-12)24-9-23-13/h1-2,5-6,8H,3-4,9H2,(H,17,18). The first-order chi connectivity index (χ1) is 11.7. The van der Waals surface area contributed by atoms with Gasteiger partial charge in [-0.2, -0.15) is 5.26 Å². The van der Waals surface area contributed by atoms with E-state index in [9.17, 15) is 10.1 Å². The molecule has 0 amide bonds. The highest BCUT2D eigenvalue weighted by Gasteiger charge is 2.14. The van der Waals surface area contributed by atoms with Crippen LogP contribution >= 0.6 is 0 Å². The molecular formula is C15H12N4O5. The van der Waals surface area contributed by atoms with Crippen molar-refractivity contribution in [2.24, 2.45) is 0 Å². The van der Waals surface area contributed by atoms with E-state index in [-0.39, 0.29) is 23.9 Å². The fraction of sp³-hybridized carbons (Fsp3) is 0.200. The predicted octanol–water partition coefficient (Wildman–Crippen LogP) is 2.08. The lowest BCUT2D eigenvalue weighted by atomic mass is 10.2. The number of rotatable bonds is 6. The molecule has 9 nitrogen and oxygen atoms in total. The van der Waals surface area contributed by atoms with Crippen LogP contribution in [0.1, 0.15) is 5.56 Å². The second-order valence-electron chi connectivity index (χ2n) is 4.75. The van der Waals surface area contributed by atoms with Gasteiger partial charge in [-0.3, -0.25) is 10.1 Å². The SMILES string of the molecule is N#Cc1cc([N+](=O)[O-])cnc1NCCOc1ccc2c(c1)OCO2. The Morgan fingerprint density at radius 3 is 3.00 bits per heavy atom. The fourth-order valence-electron chi connectivity index (χ4n) is 2.08. The number of aromatic nitrogens is 1. The topological polar surface area (TPSA) is 120 Å². The van der Waals surface area contributed by atoms with Crippen LogP contribution in [-0.2, 0) is 0 Å². The number of nitriles is 1. The number of fused-ring (bicyclic) bond motifs is 1. The van der Waals surface area contributed by atoms with Crippen molar-refractivity contribution in [1.29, 1.82) is 5.26 Å². The molecule has 0 bridgehead atoms. The molecule has 2 heterocycles. The van der Waals surface area contributed by atoms with Crippen molar-refractivity contribution >= 4 is 11.5 Å². The summed E-state index contributed by atoms with van der Waals surface area (Å²) in [6, 6.07) is 8.30. The highest BCUT2D eigenvalue weighted by atomic mass is 16.7. The van der Waals surface area contributed by atoms with E-state index in [1.165, 1.54) is 6.07 Å². The number of ether oxygens (including phenoxy) is 3. The van der Waals surface area contributed by atoms with Crippen LogP contribution in [0.3, 0.4) is 0 Å². The minimum atomic E-state index is -0.597. The highest BCUT2D eigenvalue weighted by Crippen LogP contribution is 2.35. The van der Waals surface area contributed by atoms with Crippen LogP contribution in [0.15, 0.2) is 30.5 Å². The van der Waals surface area contributed by atoms with E-state index in [1.54, 1.807) is 18.2 Å². The van der Waals surface area contributed by atoms with Gasteiger partial charge in [-0.25, -0.2) is 4.98 Å². The van der Waals surface area contributed by atoms with Crippen LogP contribution in [0.4, 0.5) is 11.5 Å². The number of anilines is 1. The van der Waals surface area contributed by atoms with Gasteiger partial charge in [0, 0.05) is 12.1 Å². The van der Waals surface area contributed by atoms with Crippen molar-refractivity contribution < 1.29 is 19.1 Å². The van der Waals surface area contributed by atoms with Gasteiger partial charge in [-0.05, 0) is 12.1 Å². The zero-order valence-electron chi connectivity index (χ0n) is 12.4. The van der Waals surface area contributed by atoms with Gasteiger partial charge in [-0.1, -0.05) is 0 Å². The fourth-order valence-corrected chi connectivity index (χ4v) is 2.08. The second kappa shape index (κ2) is 6.70. The lowest BCUT2D eigenvalue weighted by molar-refractivity contribution is -0.385. The molecule has 1 aliphatic rings. The minimum Gasteiger partial charge on any atom is -0.492 e. The maximum atomic E-state index is 10.7. The van der Waals surface area contributed by atoms with Crippen molar-refractivity contribution in [1.82, 2.24) is 4.98 Å². The largest absolute Gasteiger partial charge is 0.492 e. The van der Waals surface area contributed by atoms with E-state index in [2.05, 4.69) is 10.3 Å². The second-order valence-corrected chi connectivity index (χ2v) is 4.75. The molecule has 0 fully saturated rings. The third-order valence-electron chi connectivity index (χ3n) is 3.21. The predicted molar refractivity (Wildman–Crippen MR) is 82.2 cm³/mol. The van der Waals surface area contributed by atoms with E-state index >= 15 is 0 Å². The van der Waals surface area contributed by atoms with Gasteiger partial charge in [0.05, 0.1) is 11.5 Å². The Bertz CT molecular complexity index is 818. The van der Waals surface area contributed by atoms with Gasteiger partial charge >= 0.3 is 0 Å². The maximum Gasteiger partial charge on any atom is 0.289 e. The molecule has 1 aromatic heterocycles. The molecule has 0 unspecified atom stereocenters. The molecule has 0 radical (unpaired) electrons. The first-order valence-corrected chi connectivity index (χ1v) is 6.98. The molecule has 0 aliphatic carbocycles. The van der Waals surface area contributed by atoms with Gasteiger partial charge in [0.2, 0.25) is 6.79 Å². The summed E-state index contributed by atoms with van der Waals surface area (Å²) in [6.07, 6.45) is 1.10. The number of hydrogen-bond acceptors (Lipinski definition) is 8. The van der Waals surface area contributed by atoms with Crippen molar-refractivity contribution in [2.45, 2.75) is 0 Å². The van der Waals surface area contributed by atoms with Crippen molar-refractivity contribution in [3.63, 3.8) is 0 Å². The van der Waals surface area contributed by atoms with Crippen LogP contribution in [0.5, 0.6) is 17.2 Å².